The lowest BCUT2D eigenvalue weighted by molar-refractivity contribution is -0.130. The van der Waals surface area contributed by atoms with Gasteiger partial charge < -0.3 is 15.5 Å². The predicted molar refractivity (Wildman–Crippen MR) is 95.8 cm³/mol. The highest BCUT2D eigenvalue weighted by atomic mass is 35.5. The number of benzene rings is 1. The summed E-state index contributed by atoms with van der Waals surface area (Å²) in [5.41, 5.74) is 6.96. The fourth-order valence-electron chi connectivity index (χ4n) is 2.82. The zero-order chi connectivity index (χ0) is 17.8. The number of anilines is 2. The Morgan fingerprint density at radius 1 is 1.16 bits per heavy atom. The van der Waals surface area contributed by atoms with Gasteiger partial charge in [0.2, 0.25) is 5.91 Å². The van der Waals surface area contributed by atoms with Crippen LogP contribution in [0.2, 0.25) is 5.02 Å². The highest BCUT2D eigenvalue weighted by molar-refractivity contribution is 6.30. The summed E-state index contributed by atoms with van der Waals surface area (Å²) in [7, 11) is 0. The molecule has 1 aliphatic heterocycles. The van der Waals surface area contributed by atoms with Crippen LogP contribution in [-0.2, 0) is 11.2 Å². The zero-order valence-corrected chi connectivity index (χ0v) is 14.3. The molecule has 7 nitrogen and oxygen atoms in total. The molecule has 1 amide bonds. The molecule has 8 heteroatoms. The van der Waals surface area contributed by atoms with E-state index in [2.05, 4.69) is 9.97 Å². The van der Waals surface area contributed by atoms with Gasteiger partial charge in [-0.1, -0.05) is 23.7 Å². The Morgan fingerprint density at radius 3 is 2.48 bits per heavy atom. The van der Waals surface area contributed by atoms with E-state index in [9.17, 15) is 9.59 Å². The van der Waals surface area contributed by atoms with Crippen molar-refractivity contribution in [1.29, 1.82) is 0 Å². The van der Waals surface area contributed by atoms with Crippen LogP contribution in [0.15, 0.2) is 30.6 Å². The van der Waals surface area contributed by atoms with E-state index >= 15 is 0 Å². The first-order valence-corrected chi connectivity index (χ1v) is 8.29. The molecule has 0 atom stereocenters. The third kappa shape index (κ3) is 3.88. The fraction of sp³-hybridized carbons (Fsp3) is 0.294. The van der Waals surface area contributed by atoms with Gasteiger partial charge in [-0.2, -0.15) is 0 Å². The number of nitrogens with zero attached hydrogens (tertiary/aromatic N) is 4. The Morgan fingerprint density at radius 2 is 1.84 bits per heavy atom. The van der Waals surface area contributed by atoms with Crippen molar-refractivity contribution in [2.45, 2.75) is 6.42 Å². The molecule has 0 radical (unpaired) electrons. The number of rotatable bonds is 4. The van der Waals surface area contributed by atoms with E-state index in [0.29, 0.717) is 55.3 Å². The van der Waals surface area contributed by atoms with Gasteiger partial charge in [-0.05, 0) is 17.7 Å². The molecule has 1 aromatic carbocycles. The van der Waals surface area contributed by atoms with Crippen LogP contribution in [0.5, 0.6) is 0 Å². The summed E-state index contributed by atoms with van der Waals surface area (Å²) in [6, 6.07) is 7.28. The van der Waals surface area contributed by atoms with Crippen LogP contribution in [0.25, 0.3) is 0 Å². The van der Waals surface area contributed by atoms with Crippen molar-refractivity contribution in [3.05, 3.63) is 46.7 Å². The van der Waals surface area contributed by atoms with Crippen LogP contribution in [0.4, 0.5) is 11.6 Å². The number of halogens is 1. The van der Waals surface area contributed by atoms with Crippen molar-refractivity contribution < 1.29 is 9.59 Å². The Bertz CT molecular complexity index is 773. The highest BCUT2D eigenvalue weighted by Crippen LogP contribution is 2.21. The molecule has 2 N–H and O–H groups in total. The maximum absolute atomic E-state index is 12.4. The average molecular weight is 360 g/mol. The molecule has 1 aromatic heterocycles. The predicted octanol–water partition coefficient (Wildman–Crippen LogP) is 1.42. The first kappa shape index (κ1) is 17.2. The summed E-state index contributed by atoms with van der Waals surface area (Å²) in [6.07, 6.45) is 2.36. The standard InChI is InChI=1S/C17H18ClN5O2/c18-13-3-1-12(2-4-13)9-15(25)22-5-7-23(8-6-22)17-14(10-24)16(19)20-11-21-17/h1-4,10-11H,5-9H2,(H2,19,20,21). The number of carbonyl (C=O) groups excluding carboxylic acids is 2. The summed E-state index contributed by atoms with van der Waals surface area (Å²) in [5.74, 6) is 0.758. The minimum atomic E-state index is 0.0692. The molecular weight excluding hydrogens is 342 g/mol. The second-order valence-electron chi connectivity index (χ2n) is 5.79. The van der Waals surface area contributed by atoms with Gasteiger partial charge in [0.15, 0.2) is 6.29 Å². The molecular formula is C17H18ClN5O2. The lowest BCUT2D eigenvalue weighted by Crippen LogP contribution is -2.49. The molecule has 2 aromatic rings. The molecule has 3 rings (SSSR count). The van der Waals surface area contributed by atoms with Crippen LogP contribution in [0, 0.1) is 0 Å². The number of aldehydes is 1. The first-order chi connectivity index (χ1) is 12.1. The summed E-state index contributed by atoms with van der Waals surface area (Å²) in [5, 5.41) is 0.653. The van der Waals surface area contributed by atoms with E-state index in [1.807, 2.05) is 21.9 Å². The molecule has 0 saturated carbocycles. The largest absolute Gasteiger partial charge is 0.383 e. The Kier molecular flexibility index (Phi) is 5.14. The monoisotopic (exact) mass is 359 g/mol. The van der Waals surface area contributed by atoms with E-state index in [-0.39, 0.29) is 11.7 Å². The first-order valence-electron chi connectivity index (χ1n) is 7.91. The number of hydrogen-bond acceptors (Lipinski definition) is 6. The minimum absolute atomic E-state index is 0.0692. The second kappa shape index (κ2) is 7.48. The van der Waals surface area contributed by atoms with E-state index in [1.165, 1.54) is 6.33 Å². The third-order valence-corrected chi connectivity index (χ3v) is 4.46. The fourth-order valence-corrected chi connectivity index (χ4v) is 2.95. The Balaban J connectivity index is 1.62. The van der Waals surface area contributed by atoms with E-state index < -0.39 is 0 Å². The molecule has 0 unspecified atom stereocenters. The lowest BCUT2D eigenvalue weighted by Gasteiger charge is -2.36. The number of aromatic nitrogens is 2. The second-order valence-corrected chi connectivity index (χ2v) is 6.22. The van der Waals surface area contributed by atoms with Gasteiger partial charge in [0.1, 0.15) is 18.0 Å². The van der Waals surface area contributed by atoms with Crippen molar-refractivity contribution in [2.24, 2.45) is 0 Å². The molecule has 1 aliphatic rings. The molecule has 130 valence electrons. The molecule has 0 spiro atoms. The van der Waals surface area contributed by atoms with Crippen LogP contribution in [0.1, 0.15) is 15.9 Å². The van der Waals surface area contributed by atoms with E-state index in [0.717, 1.165) is 5.56 Å². The molecule has 2 heterocycles. The number of nitrogen functional groups attached to an aromatic ring is 1. The van der Waals surface area contributed by atoms with Gasteiger partial charge in [0.05, 0.1) is 12.0 Å². The van der Waals surface area contributed by atoms with Gasteiger partial charge in [-0.25, -0.2) is 9.97 Å². The smallest absolute Gasteiger partial charge is 0.227 e. The number of amides is 1. The van der Waals surface area contributed by atoms with Crippen LogP contribution < -0.4 is 10.6 Å². The summed E-state index contributed by atoms with van der Waals surface area (Å²) < 4.78 is 0. The number of carbonyl (C=O) groups is 2. The normalized spacial score (nSPS) is 14.4. The van der Waals surface area contributed by atoms with E-state index in [4.69, 9.17) is 17.3 Å². The van der Waals surface area contributed by atoms with Crippen LogP contribution in [-0.4, -0.2) is 53.2 Å². The SMILES string of the molecule is Nc1ncnc(N2CCN(C(=O)Cc3ccc(Cl)cc3)CC2)c1C=O. The summed E-state index contributed by atoms with van der Waals surface area (Å²) >= 11 is 5.86. The molecule has 1 saturated heterocycles. The molecule has 0 aliphatic carbocycles. The van der Waals surface area contributed by atoms with Gasteiger partial charge >= 0.3 is 0 Å². The van der Waals surface area contributed by atoms with Crippen molar-refractivity contribution in [1.82, 2.24) is 14.9 Å². The Labute approximate surface area is 150 Å². The van der Waals surface area contributed by atoms with Crippen molar-refractivity contribution in [3.8, 4) is 0 Å². The van der Waals surface area contributed by atoms with Gasteiger partial charge in [-0.15, -0.1) is 0 Å². The lowest BCUT2D eigenvalue weighted by atomic mass is 10.1. The van der Waals surface area contributed by atoms with Gasteiger partial charge in [-0.3, -0.25) is 9.59 Å². The quantitative estimate of drug-likeness (QED) is 0.830. The Hall–Kier alpha value is -2.67. The van der Waals surface area contributed by atoms with E-state index in [1.54, 1.807) is 12.1 Å². The van der Waals surface area contributed by atoms with Crippen molar-refractivity contribution in [2.75, 3.05) is 36.8 Å². The van der Waals surface area contributed by atoms with Crippen LogP contribution in [0.3, 0.4) is 0 Å². The maximum atomic E-state index is 12.4. The number of hydrogen-bond donors (Lipinski definition) is 1. The molecule has 25 heavy (non-hydrogen) atoms. The highest BCUT2D eigenvalue weighted by Gasteiger charge is 2.24. The number of nitrogens with two attached hydrogens (primary N) is 1. The van der Waals surface area contributed by atoms with Crippen LogP contribution >= 0.6 is 11.6 Å². The average Bonchev–Trinajstić information content (AvgIpc) is 2.63. The third-order valence-electron chi connectivity index (χ3n) is 4.21. The molecule has 1 fully saturated rings. The maximum Gasteiger partial charge on any atom is 0.227 e. The van der Waals surface area contributed by atoms with Gasteiger partial charge in [0, 0.05) is 31.2 Å². The summed E-state index contributed by atoms with van der Waals surface area (Å²) in [4.78, 5) is 35.4. The summed E-state index contributed by atoms with van der Waals surface area (Å²) in [6.45, 7) is 2.30. The van der Waals surface area contributed by atoms with Gasteiger partial charge in [0.25, 0.3) is 0 Å². The zero-order valence-electron chi connectivity index (χ0n) is 13.6. The minimum Gasteiger partial charge on any atom is -0.383 e. The van der Waals surface area contributed by atoms with Crippen molar-refractivity contribution in [3.63, 3.8) is 0 Å². The van der Waals surface area contributed by atoms with Crippen molar-refractivity contribution >= 4 is 35.4 Å². The topological polar surface area (TPSA) is 92.4 Å². The number of piperazine rings is 1. The molecule has 0 bridgehead atoms.